The Kier molecular flexibility index (Phi) is 3.86. The van der Waals surface area contributed by atoms with Gasteiger partial charge in [-0.15, -0.1) is 11.8 Å². The molecular formula is C12H16O3S. The van der Waals surface area contributed by atoms with Gasteiger partial charge in [-0.2, -0.15) is 0 Å². The fraction of sp³-hybridized carbons (Fsp3) is 0.500. The molecule has 2 rings (SSSR count). The van der Waals surface area contributed by atoms with E-state index < -0.39 is 12.2 Å². The summed E-state index contributed by atoms with van der Waals surface area (Å²) in [4.78, 5) is 1.21. The molecule has 0 spiro atoms. The summed E-state index contributed by atoms with van der Waals surface area (Å²) >= 11 is 1.70. The van der Waals surface area contributed by atoms with Gasteiger partial charge in [-0.05, 0) is 24.0 Å². The zero-order chi connectivity index (χ0) is 11.5. The van der Waals surface area contributed by atoms with Crippen LogP contribution in [-0.4, -0.2) is 35.3 Å². The van der Waals surface area contributed by atoms with E-state index in [2.05, 4.69) is 0 Å². The van der Waals surface area contributed by atoms with Crippen molar-refractivity contribution in [1.29, 1.82) is 0 Å². The normalized spacial score (nSPS) is 29.6. The van der Waals surface area contributed by atoms with Crippen LogP contribution < -0.4 is 0 Å². The lowest BCUT2D eigenvalue weighted by Gasteiger charge is -2.12. The van der Waals surface area contributed by atoms with Crippen molar-refractivity contribution in [2.75, 3.05) is 12.9 Å². The van der Waals surface area contributed by atoms with Crippen LogP contribution in [-0.2, 0) is 4.74 Å². The lowest BCUT2D eigenvalue weighted by atomic mass is 10.1. The van der Waals surface area contributed by atoms with Gasteiger partial charge < -0.3 is 14.9 Å². The molecule has 1 aliphatic heterocycles. The standard InChI is InChI=1S/C12H16O3S/c1-16-9-4-2-8(3-5-9)11-6-10(14)12(7-13)15-11/h2-5,10-14H,6-7H2,1H3/t10-,11+,12+/m0/s1. The molecular weight excluding hydrogens is 224 g/mol. The smallest absolute Gasteiger partial charge is 0.107 e. The Hall–Kier alpha value is -0.550. The van der Waals surface area contributed by atoms with Gasteiger partial charge in [-0.1, -0.05) is 12.1 Å². The summed E-state index contributed by atoms with van der Waals surface area (Å²) in [6, 6.07) is 8.12. The second-order valence-corrected chi connectivity index (χ2v) is 4.80. The number of benzene rings is 1. The SMILES string of the molecule is CSc1ccc([C@H]2C[C@H](O)[C@@H](CO)O2)cc1. The fourth-order valence-corrected chi connectivity index (χ4v) is 2.33. The van der Waals surface area contributed by atoms with Crippen molar-refractivity contribution in [3.63, 3.8) is 0 Å². The second kappa shape index (κ2) is 5.19. The second-order valence-electron chi connectivity index (χ2n) is 3.92. The van der Waals surface area contributed by atoms with E-state index >= 15 is 0 Å². The third kappa shape index (κ3) is 2.40. The van der Waals surface area contributed by atoms with E-state index in [0.29, 0.717) is 6.42 Å². The Balaban J connectivity index is 2.08. The maximum absolute atomic E-state index is 9.63. The first-order chi connectivity index (χ1) is 7.74. The Morgan fingerprint density at radius 1 is 1.38 bits per heavy atom. The minimum absolute atomic E-state index is 0.0944. The van der Waals surface area contributed by atoms with Crippen LogP contribution in [0.15, 0.2) is 29.2 Å². The average molecular weight is 240 g/mol. The highest BCUT2D eigenvalue weighted by atomic mass is 32.2. The van der Waals surface area contributed by atoms with Crippen molar-refractivity contribution >= 4 is 11.8 Å². The minimum Gasteiger partial charge on any atom is -0.394 e. The van der Waals surface area contributed by atoms with E-state index in [1.165, 1.54) is 4.90 Å². The zero-order valence-electron chi connectivity index (χ0n) is 9.17. The number of hydrogen-bond acceptors (Lipinski definition) is 4. The average Bonchev–Trinajstić information content (AvgIpc) is 2.71. The van der Waals surface area contributed by atoms with Crippen molar-refractivity contribution in [1.82, 2.24) is 0 Å². The van der Waals surface area contributed by atoms with Crippen LogP contribution in [0.1, 0.15) is 18.1 Å². The first-order valence-corrected chi connectivity index (χ1v) is 6.55. The van der Waals surface area contributed by atoms with E-state index in [1.807, 2.05) is 30.5 Å². The van der Waals surface area contributed by atoms with Crippen LogP contribution in [0, 0.1) is 0 Å². The Morgan fingerprint density at radius 2 is 2.06 bits per heavy atom. The molecule has 16 heavy (non-hydrogen) atoms. The van der Waals surface area contributed by atoms with Crippen LogP contribution in [0.4, 0.5) is 0 Å². The number of ether oxygens (including phenoxy) is 1. The molecule has 0 aliphatic carbocycles. The van der Waals surface area contributed by atoms with Gasteiger partial charge >= 0.3 is 0 Å². The third-order valence-electron chi connectivity index (χ3n) is 2.89. The molecule has 1 aromatic carbocycles. The molecule has 0 radical (unpaired) electrons. The predicted octanol–water partition coefficient (Wildman–Crippen LogP) is 1.59. The molecule has 3 atom stereocenters. The lowest BCUT2D eigenvalue weighted by Crippen LogP contribution is -2.24. The number of hydrogen-bond donors (Lipinski definition) is 2. The number of thioether (sulfide) groups is 1. The molecule has 0 amide bonds. The Morgan fingerprint density at radius 3 is 2.56 bits per heavy atom. The van der Waals surface area contributed by atoms with Gasteiger partial charge in [-0.3, -0.25) is 0 Å². The topological polar surface area (TPSA) is 49.7 Å². The number of rotatable bonds is 3. The number of aliphatic hydroxyl groups excluding tert-OH is 2. The van der Waals surface area contributed by atoms with Crippen LogP contribution in [0.2, 0.25) is 0 Å². The van der Waals surface area contributed by atoms with Crippen molar-refractivity contribution in [2.45, 2.75) is 29.6 Å². The summed E-state index contributed by atoms with van der Waals surface area (Å²) in [6.45, 7) is -0.124. The highest BCUT2D eigenvalue weighted by molar-refractivity contribution is 7.98. The largest absolute Gasteiger partial charge is 0.394 e. The third-order valence-corrected chi connectivity index (χ3v) is 3.63. The van der Waals surface area contributed by atoms with E-state index in [4.69, 9.17) is 9.84 Å². The van der Waals surface area contributed by atoms with Crippen molar-refractivity contribution < 1.29 is 14.9 Å². The summed E-state index contributed by atoms with van der Waals surface area (Å²) in [5.74, 6) is 0. The summed E-state index contributed by atoms with van der Waals surface area (Å²) in [7, 11) is 0. The van der Waals surface area contributed by atoms with Gasteiger partial charge in [0.2, 0.25) is 0 Å². The highest BCUT2D eigenvalue weighted by Gasteiger charge is 2.33. The summed E-state index contributed by atoms with van der Waals surface area (Å²) < 4.78 is 5.58. The van der Waals surface area contributed by atoms with Gasteiger partial charge in [-0.25, -0.2) is 0 Å². The molecule has 0 aromatic heterocycles. The van der Waals surface area contributed by atoms with Gasteiger partial charge in [0.15, 0.2) is 0 Å². The van der Waals surface area contributed by atoms with Crippen LogP contribution in [0.3, 0.4) is 0 Å². The maximum Gasteiger partial charge on any atom is 0.107 e. The predicted molar refractivity (Wildman–Crippen MR) is 63.5 cm³/mol. The summed E-state index contributed by atoms with van der Waals surface area (Å²) in [6.07, 6.45) is 1.50. The van der Waals surface area contributed by atoms with E-state index in [-0.39, 0.29) is 12.7 Å². The highest BCUT2D eigenvalue weighted by Crippen LogP contribution is 2.33. The van der Waals surface area contributed by atoms with E-state index in [9.17, 15) is 5.11 Å². The quantitative estimate of drug-likeness (QED) is 0.788. The molecule has 4 heteroatoms. The molecule has 1 aromatic rings. The minimum atomic E-state index is -0.560. The van der Waals surface area contributed by atoms with Gasteiger partial charge in [0, 0.05) is 11.3 Å². The summed E-state index contributed by atoms with van der Waals surface area (Å²) in [5, 5.41) is 18.6. The molecule has 1 aliphatic rings. The van der Waals surface area contributed by atoms with Gasteiger partial charge in [0.25, 0.3) is 0 Å². The van der Waals surface area contributed by atoms with Crippen LogP contribution in [0.5, 0.6) is 0 Å². The molecule has 1 saturated heterocycles. The Bertz CT molecular complexity index is 339. The van der Waals surface area contributed by atoms with Crippen molar-refractivity contribution in [3.8, 4) is 0 Å². The molecule has 1 fully saturated rings. The molecule has 3 nitrogen and oxygen atoms in total. The molecule has 0 saturated carbocycles. The number of aliphatic hydroxyl groups is 2. The lowest BCUT2D eigenvalue weighted by molar-refractivity contribution is -0.0225. The molecule has 1 heterocycles. The Labute approximate surface area is 99.4 Å². The first kappa shape index (κ1) is 11.9. The molecule has 0 unspecified atom stereocenters. The first-order valence-electron chi connectivity index (χ1n) is 5.33. The van der Waals surface area contributed by atoms with Crippen molar-refractivity contribution in [3.05, 3.63) is 29.8 Å². The van der Waals surface area contributed by atoms with E-state index in [0.717, 1.165) is 5.56 Å². The monoisotopic (exact) mass is 240 g/mol. The van der Waals surface area contributed by atoms with Crippen molar-refractivity contribution in [2.24, 2.45) is 0 Å². The molecule has 2 N–H and O–H groups in total. The van der Waals surface area contributed by atoms with Crippen LogP contribution in [0.25, 0.3) is 0 Å². The fourth-order valence-electron chi connectivity index (χ4n) is 1.93. The van der Waals surface area contributed by atoms with Crippen LogP contribution >= 0.6 is 11.8 Å². The maximum atomic E-state index is 9.63. The summed E-state index contributed by atoms with van der Waals surface area (Å²) in [5.41, 5.74) is 1.06. The van der Waals surface area contributed by atoms with Gasteiger partial charge in [0.1, 0.15) is 6.10 Å². The van der Waals surface area contributed by atoms with Gasteiger partial charge in [0.05, 0.1) is 18.8 Å². The van der Waals surface area contributed by atoms with E-state index in [1.54, 1.807) is 11.8 Å². The zero-order valence-corrected chi connectivity index (χ0v) is 9.98. The molecule has 0 bridgehead atoms. The molecule has 88 valence electrons.